The minimum atomic E-state index is -1.21. The lowest BCUT2D eigenvalue weighted by Crippen LogP contribution is -2.05. The van der Waals surface area contributed by atoms with Crippen LogP contribution in [0.3, 0.4) is 0 Å². The Morgan fingerprint density at radius 2 is 1.94 bits per heavy atom. The van der Waals surface area contributed by atoms with Crippen LogP contribution in [0, 0.1) is 6.92 Å². The van der Waals surface area contributed by atoms with Crippen LogP contribution in [0.2, 0.25) is 0 Å². The molecule has 1 nitrogen and oxygen atoms in total. The number of halogens is 3. The third-order valence-electron chi connectivity index (χ3n) is 2.24. The molecule has 0 unspecified atom stereocenters. The molecule has 2 aromatic rings. The fraction of sp³-hybridized carbons (Fsp3) is 0.182. The Bertz CT molecular complexity index is 528. The molecular formula is C11H8Cl3NS. The molecule has 0 N–H and O–H groups in total. The lowest BCUT2D eigenvalue weighted by atomic mass is 10.1. The minimum Gasteiger partial charge on any atom is -0.249 e. The number of aryl methyl sites for hydroxylation is 1. The Morgan fingerprint density at radius 1 is 1.19 bits per heavy atom. The van der Waals surface area contributed by atoms with Crippen molar-refractivity contribution in [2.45, 2.75) is 10.6 Å². The smallest absolute Gasteiger partial charge is 0.219 e. The Morgan fingerprint density at radius 3 is 2.62 bits per heavy atom. The first-order valence-electron chi connectivity index (χ1n) is 4.58. The predicted molar refractivity (Wildman–Crippen MR) is 73.3 cm³/mol. The van der Waals surface area contributed by atoms with Crippen molar-refractivity contribution in [1.29, 1.82) is 0 Å². The highest BCUT2D eigenvalue weighted by Gasteiger charge is 2.28. The fourth-order valence-electron chi connectivity index (χ4n) is 1.45. The van der Waals surface area contributed by atoms with E-state index >= 15 is 0 Å². The minimum absolute atomic E-state index is 0.548. The summed E-state index contributed by atoms with van der Waals surface area (Å²) < 4.78 is -1.21. The maximum absolute atomic E-state index is 6.01. The highest BCUT2D eigenvalue weighted by Crippen LogP contribution is 2.46. The van der Waals surface area contributed by atoms with Gasteiger partial charge < -0.3 is 0 Å². The first-order chi connectivity index (χ1) is 7.53. The van der Waals surface area contributed by atoms with Crippen molar-refractivity contribution in [1.82, 2.24) is 4.98 Å². The van der Waals surface area contributed by atoms with Crippen molar-refractivity contribution in [3.8, 4) is 0 Å². The van der Waals surface area contributed by atoms with Gasteiger partial charge in [0.1, 0.15) is 0 Å². The molecule has 5 heteroatoms. The molecule has 0 spiro atoms. The van der Waals surface area contributed by atoms with Crippen molar-refractivity contribution in [3.05, 3.63) is 41.6 Å². The molecule has 84 valence electrons. The van der Waals surface area contributed by atoms with Gasteiger partial charge >= 0.3 is 0 Å². The molecule has 1 heterocycles. The number of benzene rings is 1. The average molecular weight is 293 g/mol. The van der Waals surface area contributed by atoms with Crippen molar-refractivity contribution in [2.75, 3.05) is 0 Å². The zero-order valence-corrected chi connectivity index (χ0v) is 11.5. The summed E-state index contributed by atoms with van der Waals surface area (Å²) in [5.74, 6) is 0. The Labute approximate surface area is 113 Å². The van der Waals surface area contributed by atoms with Crippen LogP contribution in [0.1, 0.15) is 11.3 Å². The summed E-state index contributed by atoms with van der Waals surface area (Å²) in [7, 11) is 6.45. The van der Waals surface area contributed by atoms with E-state index in [1.807, 2.05) is 25.1 Å². The normalized spacial score (nSPS) is 12.0. The molecule has 2 rings (SSSR count). The van der Waals surface area contributed by atoms with E-state index < -0.39 is 3.67 Å². The molecule has 0 bridgehead atoms. The summed E-state index contributed by atoms with van der Waals surface area (Å²) in [4.78, 5) is 4.39. The first kappa shape index (κ1) is 12.3. The Kier molecular flexibility index (Phi) is 3.55. The lowest BCUT2D eigenvalue weighted by molar-refractivity contribution is 1.13. The number of alkyl halides is 2. The van der Waals surface area contributed by atoms with Crippen LogP contribution in [-0.4, -0.2) is 4.98 Å². The van der Waals surface area contributed by atoms with Crippen LogP contribution in [0.25, 0.3) is 10.9 Å². The van der Waals surface area contributed by atoms with E-state index in [1.165, 1.54) is 5.56 Å². The molecule has 0 atom stereocenters. The Hall–Kier alpha value is -0.150. The Balaban J connectivity index is 2.57. The van der Waals surface area contributed by atoms with Gasteiger partial charge in [0.25, 0.3) is 0 Å². The molecule has 0 aliphatic rings. The van der Waals surface area contributed by atoms with E-state index in [-0.39, 0.29) is 0 Å². The third-order valence-corrected chi connectivity index (χ3v) is 4.66. The van der Waals surface area contributed by atoms with E-state index in [1.54, 1.807) is 6.07 Å². The highest BCUT2D eigenvalue weighted by atomic mass is 35.7. The topological polar surface area (TPSA) is 12.9 Å². The van der Waals surface area contributed by atoms with Crippen molar-refractivity contribution < 1.29 is 0 Å². The second-order valence-electron chi connectivity index (χ2n) is 3.49. The van der Waals surface area contributed by atoms with Gasteiger partial charge in [0.15, 0.2) is 0 Å². The van der Waals surface area contributed by atoms with Gasteiger partial charge in [-0.3, -0.25) is 0 Å². The van der Waals surface area contributed by atoms with Crippen molar-refractivity contribution in [2.24, 2.45) is 0 Å². The number of aromatic nitrogens is 1. The summed E-state index contributed by atoms with van der Waals surface area (Å²) in [5.41, 5.74) is 2.60. The molecule has 1 aromatic heterocycles. The monoisotopic (exact) mass is 291 g/mol. The van der Waals surface area contributed by atoms with E-state index in [0.717, 1.165) is 21.9 Å². The molecule has 1 aromatic carbocycles. The van der Waals surface area contributed by atoms with Crippen LogP contribution in [0.15, 0.2) is 30.3 Å². The van der Waals surface area contributed by atoms with Crippen LogP contribution in [0.5, 0.6) is 0 Å². The quantitative estimate of drug-likeness (QED) is 0.721. The summed E-state index contributed by atoms with van der Waals surface area (Å²) in [6, 6.07) is 9.73. The second-order valence-corrected chi connectivity index (χ2v) is 6.49. The van der Waals surface area contributed by atoms with Crippen LogP contribution in [-0.2, 0) is 3.67 Å². The van der Waals surface area contributed by atoms with Crippen LogP contribution >= 0.6 is 44.9 Å². The van der Waals surface area contributed by atoms with E-state index in [2.05, 4.69) is 11.1 Å². The van der Waals surface area contributed by atoms with Crippen LogP contribution in [0.4, 0.5) is 0 Å². The average Bonchev–Trinajstić information content (AvgIpc) is 2.28. The fourth-order valence-corrected chi connectivity index (χ4v) is 2.09. The van der Waals surface area contributed by atoms with Crippen molar-refractivity contribution in [3.63, 3.8) is 0 Å². The number of hydrogen-bond acceptors (Lipinski definition) is 2. The first-order valence-corrected chi connectivity index (χ1v) is 6.98. The zero-order valence-electron chi connectivity index (χ0n) is 8.38. The standard InChI is InChI=1S/C11H8Cl3NS/c1-7-2-4-9-8(6-7)3-5-10(15-9)11(12,13)16-14/h2-6H,1H3. The SMILES string of the molecule is Cc1ccc2nc(C(Cl)(Cl)SCl)ccc2c1. The predicted octanol–water partition coefficient (Wildman–Crippen LogP) is 5.02. The molecule has 16 heavy (non-hydrogen) atoms. The van der Waals surface area contributed by atoms with E-state index in [4.69, 9.17) is 33.9 Å². The number of fused-ring (bicyclic) bond motifs is 1. The number of hydrogen-bond donors (Lipinski definition) is 0. The van der Waals surface area contributed by atoms with E-state index in [0.29, 0.717) is 5.69 Å². The van der Waals surface area contributed by atoms with Crippen LogP contribution < -0.4 is 0 Å². The van der Waals surface area contributed by atoms with Gasteiger partial charge in [-0.25, -0.2) is 4.98 Å². The van der Waals surface area contributed by atoms with Gasteiger partial charge in [-0.05, 0) is 46.8 Å². The van der Waals surface area contributed by atoms with Gasteiger partial charge in [-0.2, -0.15) is 0 Å². The molecule has 0 amide bonds. The number of nitrogens with zero attached hydrogens (tertiary/aromatic N) is 1. The van der Waals surface area contributed by atoms with Gasteiger partial charge in [-0.1, -0.05) is 40.9 Å². The maximum Gasteiger partial charge on any atom is 0.219 e. The molecule has 0 saturated heterocycles. The number of rotatable bonds is 2. The molecular weight excluding hydrogens is 285 g/mol. The molecule has 0 saturated carbocycles. The number of pyridine rings is 1. The van der Waals surface area contributed by atoms with Gasteiger partial charge in [-0.15, -0.1) is 0 Å². The summed E-state index contributed by atoms with van der Waals surface area (Å²) in [6.45, 7) is 2.04. The highest BCUT2D eigenvalue weighted by molar-refractivity contribution is 8.23. The maximum atomic E-state index is 6.01. The lowest BCUT2D eigenvalue weighted by Gasteiger charge is -2.14. The van der Waals surface area contributed by atoms with Gasteiger partial charge in [0, 0.05) is 5.39 Å². The largest absolute Gasteiger partial charge is 0.249 e. The summed E-state index contributed by atoms with van der Waals surface area (Å²) in [6.07, 6.45) is 0. The van der Waals surface area contributed by atoms with Gasteiger partial charge in [0.05, 0.1) is 11.2 Å². The van der Waals surface area contributed by atoms with Gasteiger partial charge in [0.2, 0.25) is 3.67 Å². The summed E-state index contributed by atoms with van der Waals surface area (Å²) in [5, 5.41) is 1.06. The molecule has 0 aliphatic carbocycles. The zero-order chi connectivity index (χ0) is 11.8. The van der Waals surface area contributed by atoms with E-state index in [9.17, 15) is 0 Å². The summed E-state index contributed by atoms with van der Waals surface area (Å²) >= 11 is 12.0. The van der Waals surface area contributed by atoms with Crippen molar-refractivity contribution >= 4 is 55.8 Å². The molecule has 0 fully saturated rings. The third kappa shape index (κ3) is 2.40. The molecule has 0 aliphatic heterocycles. The molecule has 0 radical (unpaired) electrons. The second kappa shape index (κ2) is 4.61.